The van der Waals surface area contributed by atoms with E-state index in [0.717, 1.165) is 0 Å². The second kappa shape index (κ2) is 2.80. The van der Waals surface area contributed by atoms with E-state index in [4.69, 9.17) is 4.74 Å². The summed E-state index contributed by atoms with van der Waals surface area (Å²) in [4.78, 5) is 22.3. The van der Waals surface area contributed by atoms with E-state index in [2.05, 4.69) is 5.32 Å². The molecular formula is C9H13NO3. The van der Waals surface area contributed by atoms with Crippen LogP contribution in [0.1, 0.15) is 26.2 Å². The van der Waals surface area contributed by atoms with Crippen LogP contribution in [0.3, 0.4) is 0 Å². The number of ether oxygens (including phenoxy) is 1. The summed E-state index contributed by atoms with van der Waals surface area (Å²) in [6.45, 7) is 2.61. The van der Waals surface area contributed by atoms with Crippen LogP contribution in [0, 0.1) is 5.41 Å². The average molecular weight is 183 g/mol. The molecule has 2 fully saturated rings. The summed E-state index contributed by atoms with van der Waals surface area (Å²) in [5.41, 5.74) is -0.406. The maximum absolute atomic E-state index is 11.4. The summed E-state index contributed by atoms with van der Waals surface area (Å²) in [5.74, 6) is -0.242. The van der Waals surface area contributed by atoms with Crippen LogP contribution in [0.5, 0.6) is 0 Å². The predicted octanol–water partition coefficient (Wildman–Crippen LogP) is 0.218. The van der Waals surface area contributed by atoms with Gasteiger partial charge in [0.25, 0.3) is 0 Å². The minimum Gasteiger partial charge on any atom is -0.378 e. The molecule has 1 saturated heterocycles. The number of carbonyl (C=O) groups is 2. The first-order valence-corrected chi connectivity index (χ1v) is 4.62. The fourth-order valence-corrected chi connectivity index (χ4v) is 2.19. The van der Waals surface area contributed by atoms with E-state index >= 15 is 0 Å². The van der Waals surface area contributed by atoms with Crippen molar-refractivity contribution in [3.8, 4) is 0 Å². The number of carbonyl (C=O) groups excluding carboxylic acids is 2. The minimum absolute atomic E-state index is 0.103. The Morgan fingerprint density at radius 3 is 2.69 bits per heavy atom. The maximum atomic E-state index is 11.4. The molecule has 1 saturated carbocycles. The second-order valence-corrected chi connectivity index (χ2v) is 3.82. The highest BCUT2D eigenvalue weighted by molar-refractivity contribution is 6.06. The van der Waals surface area contributed by atoms with Gasteiger partial charge in [0, 0.05) is 13.0 Å². The summed E-state index contributed by atoms with van der Waals surface area (Å²) in [6.07, 6.45) is 1.95. The fourth-order valence-electron chi connectivity index (χ4n) is 2.19. The van der Waals surface area contributed by atoms with E-state index in [0.29, 0.717) is 25.9 Å². The normalized spacial score (nSPS) is 37.8. The van der Waals surface area contributed by atoms with Crippen LogP contribution < -0.4 is 5.32 Å². The Labute approximate surface area is 76.6 Å². The molecule has 0 aromatic heterocycles. The van der Waals surface area contributed by atoms with Gasteiger partial charge in [-0.1, -0.05) is 0 Å². The van der Waals surface area contributed by atoms with Gasteiger partial charge in [-0.15, -0.1) is 0 Å². The summed E-state index contributed by atoms with van der Waals surface area (Å²) in [7, 11) is 0. The lowest BCUT2D eigenvalue weighted by molar-refractivity contribution is -0.143. The molecule has 72 valence electrons. The third-order valence-corrected chi connectivity index (χ3v) is 2.87. The fraction of sp³-hybridized carbons (Fsp3) is 0.778. The molecular weight excluding hydrogens is 170 g/mol. The van der Waals surface area contributed by atoms with Crippen molar-refractivity contribution < 1.29 is 14.3 Å². The number of rotatable bonds is 2. The topological polar surface area (TPSA) is 55.4 Å². The molecule has 4 heteroatoms. The molecule has 1 aliphatic carbocycles. The zero-order valence-corrected chi connectivity index (χ0v) is 7.63. The number of nitrogens with one attached hydrogen (secondary N) is 1. The third-order valence-electron chi connectivity index (χ3n) is 2.87. The van der Waals surface area contributed by atoms with Crippen LogP contribution in [-0.4, -0.2) is 24.5 Å². The van der Waals surface area contributed by atoms with E-state index in [1.165, 1.54) is 0 Å². The maximum Gasteiger partial charge on any atom is 0.233 e. The van der Waals surface area contributed by atoms with Gasteiger partial charge in [0.2, 0.25) is 11.8 Å². The monoisotopic (exact) mass is 183 g/mol. The molecule has 2 amide bonds. The lowest BCUT2D eigenvalue weighted by atomic mass is 9.65. The SMILES string of the molecule is CCOC1CC2(CC(=O)NC2=O)C1. The summed E-state index contributed by atoms with van der Waals surface area (Å²) in [5, 5.41) is 2.34. The summed E-state index contributed by atoms with van der Waals surface area (Å²) < 4.78 is 5.36. The lowest BCUT2D eigenvalue weighted by Gasteiger charge is -2.41. The third kappa shape index (κ3) is 1.25. The van der Waals surface area contributed by atoms with Crippen molar-refractivity contribution in [1.29, 1.82) is 0 Å². The smallest absolute Gasteiger partial charge is 0.233 e. The van der Waals surface area contributed by atoms with E-state index < -0.39 is 5.41 Å². The van der Waals surface area contributed by atoms with Crippen molar-refractivity contribution >= 4 is 11.8 Å². The van der Waals surface area contributed by atoms with Crippen molar-refractivity contribution in [2.24, 2.45) is 5.41 Å². The van der Waals surface area contributed by atoms with Crippen LogP contribution in [-0.2, 0) is 14.3 Å². The summed E-state index contributed by atoms with van der Waals surface area (Å²) in [6, 6.07) is 0. The summed E-state index contributed by atoms with van der Waals surface area (Å²) >= 11 is 0. The van der Waals surface area contributed by atoms with Gasteiger partial charge in [-0.25, -0.2) is 0 Å². The van der Waals surface area contributed by atoms with E-state index in [9.17, 15) is 9.59 Å². The molecule has 13 heavy (non-hydrogen) atoms. The average Bonchev–Trinajstić information content (AvgIpc) is 2.26. The van der Waals surface area contributed by atoms with Gasteiger partial charge in [-0.2, -0.15) is 0 Å². The van der Waals surface area contributed by atoms with Crippen molar-refractivity contribution in [2.75, 3.05) is 6.61 Å². The van der Waals surface area contributed by atoms with Crippen LogP contribution >= 0.6 is 0 Å². The number of amides is 2. The van der Waals surface area contributed by atoms with Crippen LogP contribution in [0.25, 0.3) is 0 Å². The van der Waals surface area contributed by atoms with Gasteiger partial charge in [0.1, 0.15) is 0 Å². The lowest BCUT2D eigenvalue weighted by Crippen LogP contribution is -2.47. The Kier molecular flexibility index (Phi) is 1.87. The Morgan fingerprint density at radius 2 is 2.23 bits per heavy atom. The molecule has 2 rings (SSSR count). The van der Waals surface area contributed by atoms with Gasteiger partial charge in [0.05, 0.1) is 11.5 Å². The molecule has 1 spiro atoms. The van der Waals surface area contributed by atoms with Crippen LogP contribution in [0.4, 0.5) is 0 Å². The van der Waals surface area contributed by atoms with Gasteiger partial charge in [0.15, 0.2) is 0 Å². The molecule has 4 nitrogen and oxygen atoms in total. The van der Waals surface area contributed by atoms with Crippen LogP contribution in [0.2, 0.25) is 0 Å². The Morgan fingerprint density at radius 1 is 1.54 bits per heavy atom. The molecule has 1 N–H and O–H groups in total. The largest absolute Gasteiger partial charge is 0.378 e. The van der Waals surface area contributed by atoms with Gasteiger partial charge < -0.3 is 4.74 Å². The standard InChI is InChI=1S/C9H13NO3/c1-2-13-6-3-9(4-6)5-7(11)10-8(9)12/h6H,2-5H2,1H3,(H,10,11,12). The quantitative estimate of drug-likeness (QED) is 0.623. The molecule has 0 aromatic carbocycles. The molecule has 0 radical (unpaired) electrons. The predicted molar refractivity (Wildman–Crippen MR) is 44.8 cm³/mol. The van der Waals surface area contributed by atoms with Crippen molar-refractivity contribution in [3.05, 3.63) is 0 Å². The Hall–Kier alpha value is -0.900. The zero-order chi connectivity index (χ0) is 9.47. The molecule has 0 aromatic rings. The Balaban J connectivity index is 1.96. The molecule has 2 aliphatic rings. The molecule has 1 aliphatic heterocycles. The van der Waals surface area contributed by atoms with Gasteiger partial charge in [-0.05, 0) is 19.8 Å². The highest BCUT2D eigenvalue weighted by Gasteiger charge is 2.55. The number of imide groups is 1. The molecule has 0 unspecified atom stereocenters. The van der Waals surface area contributed by atoms with E-state index in [1.54, 1.807) is 0 Å². The van der Waals surface area contributed by atoms with Crippen molar-refractivity contribution in [3.63, 3.8) is 0 Å². The highest BCUT2D eigenvalue weighted by Crippen LogP contribution is 2.48. The minimum atomic E-state index is -0.406. The molecule has 0 bridgehead atoms. The molecule has 1 heterocycles. The van der Waals surface area contributed by atoms with Gasteiger partial charge in [-0.3, -0.25) is 14.9 Å². The van der Waals surface area contributed by atoms with Crippen molar-refractivity contribution in [2.45, 2.75) is 32.3 Å². The number of hydrogen-bond acceptors (Lipinski definition) is 3. The number of hydrogen-bond donors (Lipinski definition) is 1. The Bertz CT molecular complexity index is 256. The molecule has 0 atom stereocenters. The first-order chi connectivity index (χ1) is 6.16. The van der Waals surface area contributed by atoms with E-state index in [1.807, 2.05) is 6.92 Å². The first-order valence-electron chi connectivity index (χ1n) is 4.62. The van der Waals surface area contributed by atoms with Crippen LogP contribution in [0.15, 0.2) is 0 Å². The van der Waals surface area contributed by atoms with Crippen molar-refractivity contribution in [1.82, 2.24) is 5.32 Å². The zero-order valence-electron chi connectivity index (χ0n) is 7.63. The highest BCUT2D eigenvalue weighted by atomic mass is 16.5. The van der Waals surface area contributed by atoms with Gasteiger partial charge >= 0.3 is 0 Å². The van der Waals surface area contributed by atoms with E-state index in [-0.39, 0.29) is 17.9 Å². The first kappa shape index (κ1) is 8.69. The second-order valence-electron chi connectivity index (χ2n) is 3.82.